The molecule has 1 atom stereocenters. The van der Waals surface area contributed by atoms with E-state index in [9.17, 15) is 0 Å². The topological polar surface area (TPSA) is 3.24 Å². The molecule has 1 nitrogen and oxygen atoms in total. The minimum Gasteiger partial charge on any atom is -0.374 e. The molecule has 1 unspecified atom stereocenters. The largest absolute Gasteiger partial charge is 0.374 e. The van der Waals surface area contributed by atoms with Crippen LogP contribution in [0.2, 0.25) is 0 Å². The second-order valence-corrected chi connectivity index (χ2v) is 2.51. The van der Waals surface area contributed by atoms with Crippen molar-refractivity contribution in [3.05, 3.63) is 37.1 Å². The Balaban J connectivity index is 3.90. The molecular weight excluding hydrogens is 134 g/mol. The molecule has 0 amide bonds. The van der Waals surface area contributed by atoms with E-state index in [0.717, 1.165) is 0 Å². The molecule has 0 aliphatic rings. The molecular formula is C10H17N. The highest BCUT2D eigenvalue weighted by molar-refractivity contribution is 5.00. The molecule has 1 heteroatoms. The van der Waals surface area contributed by atoms with Crippen LogP contribution in [0.4, 0.5) is 0 Å². The van der Waals surface area contributed by atoms with Crippen molar-refractivity contribution in [2.75, 3.05) is 7.05 Å². The van der Waals surface area contributed by atoms with E-state index >= 15 is 0 Å². The van der Waals surface area contributed by atoms with Crippen molar-refractivity contribution in [3.63, 3.8) is 0 Å². The zero-order valence-corrected chi connectivity index (χ0v) is 7.62. The van der Waals surface area contributed by atoms with Gasteiger partial charge >= 0.3 is 0 Å². The molecule has 0 saturated heterocycles. The van der Waals surface area contributed by atoms with Gasteiger partial charge in [0.1, 0.15) is 0 Å². The maximum absolute atomic E-state index is 3.61. The molecule has 0 aliphatic carbocycles. The summed E-state index contributed by atoms with van der Waals surface area (Å²) in [5, 5.41) is 0. The number of allylic oxidation sites excluding steroid dienone is 3. The highest BCUT2D eigenvalue weighted by Gasteiger charge is 1.96. The lowest BCUT2D eigenvalue weighted by molar-refractivity contribution is 0.407. The average molecular weight is 151 g/mol. The third-order valence-corrected chi connectivity index (χ3v) is 1.57. The van der Waals surface area contributed by atoms with Crippen LogP contribution in [-0.2, 0) is 0 Å². The van der Waals surface area contributed by atoms with Gasteiger partial charge in [-0.3, -0.25) is 0 Å². The molecule has 0 aromatic carbocycles. The lowest BCUT2D eigenvalue weighted by atomic mass is 10.3. The van der Waals surface area contributed by atoms with Crippen molar-refractivity contribution in [2.24, 2.45) is 0 Å². The molecule has 0 bridgehead atoms. The SMILES string of the molecule is C=C/C=C/N(C)C(C)/C=C\C. The summed E-state index contributed by atoms with van der Waals surface area (Å²) in [5.41, 5.74) is 0. The summed E-state index contributed by atoms with van der Waals surface area (Å²) in [5.74, 6) is 0. The molecule has 0 rings (SSSR count). The van der Waals surface area contributed by atoms with Crippen LogP contribution in [0.5, 0.6) is 0 Å². The molecule has 0 heterocycles. The van der Waals surface area contributed by atoms with E-state index < -0.39 is 0 Å². The third kappa shape index (κ3) is 4.43. The fourth-order valence-corrected chi connectivity index (χ4v) is 0.747. The average Bonchev–Trinajstić information content (AvgIpc) is 2.00. The van der Waals surface area contributed by atoms with Crippen LogP contribution in [0.3, 0.4) is 0 Å². The zero-order chi connectivity index (χ0) is 8.69. The van der Waals surface area contributed by atoms with Crippen LogP contribution >= 0.6 is 0 Å². The van der Waals surface area contributed by atoms with E-state index in [1.54, 1.807) is 6.08 Å². The van der Waals surface area contributed by atoms with Gasteiger partial charge in [0.05, 0.1) is 0 Å². The summed E-state index contributed by atoms with van der Waals surface area (Å²) < 4.78 is 0. The molecule has 0 radical (unpaired) electrons. The highest BCUT2D eigenvalue weighted by Crippen LogP contribution is 1.97. The number of rotatable bonds is 4. The van der Waals surface area contributed by atoms with Gasteiger partial charge in [-0.2, -0.15) is 0 Å². The monoisotopic (exact) mass is 151 g/mol. The lowest BCUT2D eigenvalue weighted by Crippen LogP contribution is -2.20. The highest BCUT2D eigenvalue weighted by atomic mass is 15.1. The Hall–Kier alpha value is -0.980. The zero-order valence-electron chi connectivity index (χ0n) is 7.62. The third-order valence-electron chi connectivity index (χ3n) is 1.57. The van der Waals surface area contributed by atoms with Crippen molar-refractivity contribution in [2.45, 2.75) is 19.9 Å². The maximum atomic E-state index is 3.61. The standard InChI is InChI=1S/C10H17N/c1-5-7-9-11(4)10(3)8-6-2/h5-10H,1H2,2-4H3/b8-6-,9-7+. The van der Waals surface area contributed by atoms with Gasteiger partial charge in [0, 0.05) is 13.1 Å². The van der Waals surface area contributed by atoms with E-state index in [1.165, 1.54) is 0 Å². The summed E-state index contributed by atoms with van der Waals surface area (Å²) in [6, 6.07) is 0.455. The van der Waals surface area contributed by atoms with Gasteiger partial charge in [0.25, 0.3) is 0 Å². The minimum atomic E-state index is 0.455. The van der Waals surface area contributed by atoms with Gasteiger partial charge < -0.3 is 4.90 Å². The van der Waals surface area contributed by atoms with Crippen molar-refractivity contribution in [1.29, 1.82) is 0 Å². The second-order valence-electron chi connectivity index (χ2n) is 2.51. The first-order valence-electron chi connectivity index (χ1n) is 3.86. The Kier molecular flexibility index (Phi) is 5.26. The van der Waals surface area contributed by atoms with Crippen molar-refractivity contribution < 1.29 is 0 Å². The van der Waals surface area contributed by atoms with Gasteiger partial charge in [0.2, 0.25) is 0 Å². The summed E-state index contributed by atoms with van der Waals surface area (Å²) in [6.45, 7) is 7.78. The fraction of sp³-hybridized carbons (Fsp3) is 0.400. The van der Waals surface area contributed by atoms with E-state index in [2.05, 4.69) is 30.6 Å². The molecule has 0 saturated carbocycles. The summed E-state index contributed by atoms with van der Waals surface area (Å²) in [7, 11) is 2.05. The number of likely N-dealkylation sites (N-methyl/N-ethyl adjacent to an activating group) is 1. The molecule has 62 valence electrons. The van der Waals surface area contributed by atoms with Gasteiger partial charge in [-0.1, -0.05) is 24.8 Å². The Bertz CT molecular complexity index is 156. The Morgan fingerprint density at radius 2 is 2.09 bits per heavy atom. The van der Waals surface area contributed by atoms with Crippen LogP contribution < -0.4 is 0 Å². The quantitative estimate of drug-likeness (QED) is 0.441. The first kappa shape index (κ1) is 10.0. The van der Waals surface area contributed by atoms with Crippen molar-refractivity contribution >= 4 is 0 Å². The van der Waals surface area contributed by atoms with Crippen LogP contribution in [0.1, 0.15) is 13.8 Å². The smallest absolute Gasteiger partial charge is 0.0435 e. The van der Waals surface area contributed by atoms with Crippen LogP contribution in [-0.4, -0.2) is 18.0 Å². The van der Waals surface area contributed by atoms with Crippen molar-refractivity contribution in [3.8, 4) is 0 Å². The minimum absolute atomic E-state index is 0.455. The van der Waals surface area contributed by atoms with Crippen molar-refractivity contribution in [1.82, 2.24) is 4.90 Å². The number of hydrogen-bond donors (Lipinski definition) is 0. The number of hydrogen-bond acceptors (Lipinski definition) is 1. The lowest BCUT2D eigenvalue weighted by Gasteiger charge is -2.19. The summed E-state index contributed by atoms with van der Waals surface area (Å²) >= 11 is 0. The second kappa shape index (κ2) is 5.78. The predicted octanol–water partition coefficient (Wildman–Crippen LogP) is 2.58. The predicted molar refractivity (Wildman–Crippen MR) is 51.4 cm³/mol. The molecule has 0 aromatic heterocycles. The summed E-state index contributed by atoms with van der Waals surface area (Å²) in [4.78, 5) is 2.13. The Labute approximate surface area is 69.7 Å². The molecule has 0 fully saturated rings. The molecule has 0 spiro atoms. The van der Waals surface area contributed by atoms with Gasteiger partial charge in [-0.15, -0.1) is 0 Å². The molecule has 0 aromatic rings. The van der Waals surface area contributed by atoms with Gasteiger partial charge in [0.15, 0.2) is 0 Å². The van der Waals surface area contributed by atoms with E-state index in [1.807, 2.05) is 26.2 Å². The fourth-order valence-electron chi connectivity index (χ4n) is 0.747. The maximum Gasteiger partial charge on any atom is 0.0435 e. The molecule has 11 heavy (non-hydrogen) atoms. The molecule has 0 N–H and O–H groups in total. The number of nitrogens with zero attached hydrogens (tertiary/aromatic N) is 1. The summed E-state index contributed by atoms with van der Waals surface area (Å²) in [6.07, 6.45) is 9.92. The van der Waals surface area contributed by atoms with E-state index in [0.29, 0.717) is 6.04 Å². The Morgan fingerprint density at radius 1 is 1.45 bits per heavy atom. The van der Waals surface area contributed by atoms with E-state index in [-0.39, 0.29) is 0 Å². The first-order valence-corrected chi connectivity index (χ1v) is 3.86. The van der Waals surface area contributed by atoms with Gasteiger partial charge in [-0.05, 0) is 26.1 Å². The Morgan fingerprint density at radius 3 is 2.55 bits per heavy atom. The first-order chi connectivity index (χ1) is 5.22. The van der Waals surface area contributed by atoms with E-state index in [4.69, 9.17) is 0 Å². The van der Waals surface area contributed by atoms with Crippen LogP contribution in [0.15, 0.2) is 37.1 Å². The molecule has 0 aliphatic heterocycles. The van der Waals surface area contributed by atoms with Crippen LogP contribution in [0, 0.1) is 0 Å². The van der Waals surface area contributed by atoms with Gasteiger partial charge in [-0.25, -0.2) is 0 Å². The van der Waals surface area contributed by atoms with Crippen LogP contribution in [0.25, 0.3) is 0 Å². The normalized spacial score (nSPS) is 14.1.